The Morgan fingerprint density at radius 2 is 1.95 bits per heavy atom. The van der Waals surface area contributed by atoms with Gasteiger partial charge >= 0.3 is 0 Å². The highest BCUT2D eigenvalue weighted by Gasteiger charge is 2.31. The Morgan fingerprint density at radius 3 is 2.45 bits per heavy atom. The Balaban J connectivity index is 2.60. The van der Waals surface area contributed by atoms with E-state index in [1.165, 1.54) is 27.2 Å². The fraction of sp³-hybridized carbons (Fsp3) is 0.375. The zero-order valence-corrected chi connectivity index (χ0v) is 12.5. The first-order valence-corrected chi connectivity index (χ1v) is 6.99. The van der Waals surface area contributed by atoms with Crippen LogP contribution in [0.4, 0.5) is 8.78 Å². The standard InChI is InChI=1S/C16H15F2NO3/c1-7-11-14(16(22-3)13(18)12(7)17)19(9-4-5-9)6-10(8(2)20)15(11)21/h6,9H,4-5H2,1-3H3. The van der Waals surface area contributed by atoms with Crippen LogP contribution in [0.1, 0.15) is 41.7 Å². The number of hydrogen-bond donors (Lipinski definition) is 0. The van der Waals surface area contributed by atoms with Gasteiger partial charge in [-0.2, -0.15) is 4.39 Å². The molecule has 6 heteroatoms. The normalized spacial score (nSPS) is 14.4. The molecule has 0 spiro atoms. The monoisotopic (exact) mass is 307 g/mol. The van der Waals surface area contributed by atoms with E-state index >= 15 is 0 Å². The molecule has 1 fully saturated rings. The first-order valence-electron chi connectivity index (χ1n) is 6.99. The van der Waals surface area contributed by atoms with Crippen LogP contribution in [0.15, 0.2) is 11.0 Å². The van der Waals surface area contributed by atoms with Gasteiger partial charge in [-0.3, -0.25) is 9.59 Å². The molecule has 0 N–H and O–H groups in total. The van der Waals surface area contributed by atoms with Crippen molar-refractivity contribution in [3.8, 4) is 5.75 Å². The van der Waals surface area contributed by atoms with Crippen LogP contribution in [0.5, 0.6) is 5.75 Å². The number of pyridine rings is 1. The van der Waals surface area contributed by atoms with Gasteiger partial charge in [0.25, 0.3) is 0 Å². The summed E-state index contributed by atoms with van der Waals surface area (Å²) in [5.74, 6) is -2.93. The Kier molecular flexibility index (Phi) is 3.27. The van der Waals surface area contributed by atoms with Crippen molar-refractivity contribution in [2.45, 2.75) is 32.7 Å². The number of ketones is 1. The van der Waals surface area contributed by atoms with E-state index in [0.717, 1.165) is 12.8 Å². The van der Waals surface area contributed by atoms with Gasteiger partial charge in [0.05, 0.1) is 23.6 Å². The summed E-state index contributed by atoms with van der Waals surface area (Å²) in [5, 5.41) is 0.00958. The highest BCUT2D eigenvalue weighted by molar-refractivity contribution is 5.99. The molecule has 4 nitrogen and oxygen atoms in total. The van der Waals surface area contributed by atoms with E-state index in [2.05, 4.69) is 0 Å². The van der Waals surface area contributed by atoms with Gasteiger partial charge < -0.3 is 9.30 Å². The summed E-state index contributed by atoms with van der Waals surface area (Å²) in [5.41, 5.74) is -0.489. The number of carbonyl (C=O) groups is 1. The number of nitrogens with zero attached hydrogens (tertiary/aromatic N) is 1. The van der Waals surface area contributed by atoms with Crippen molar-refractivity contribution in [1.29, 1.82) is 0 Å². The van der Waals surface area contributed by atoms with Gasteiger partial charge in [-0.1, -0.05) is 0 Å². The van der Waals surface area contributed by atoms with Crippen molar-refractivity contribution >= 4 is 16.7 Å². The van der Waals surface area contributed by atoms with Crippen molar-refractivity contribution < 1.29 is 18.3 Å². The van der Waals surface area contributed by atoms with E-state index < -0.39 is 22.8 Å². The van der Waals surface area contributed by atoms with E-state index in [1.807, 2.05) is 0 Å². The number of rotatable bonds is 3. The lowest BCUT2D eigenvalue weighted by Gasteiger charge is -2.17. The third kappa shape index (κ3) is 1.94. The lowest BCUT2D eigenvalue weighted by atomic mass is 10.0. The molecule has 1 aromatic heterocycles. The summed E-state index contributed by atoms with van der Waals surface area (Å²) in [6, 6.07) is 0.0689. The quantitative estimate of drug-likeness (QED) is 0.819. The first kappa shape index (κ1) is 14.7. The second kappa shape index (κ2) is 4.90. The maximum absolute atomic E-state index is 14.2. The van der Waals surface area contributed by atoms with Crippen LogP contribution >= 0.6 is 0 Å². The molecule has 0 radical (unpaired) electrons. The van der Waals surface area contributed by atoms with Gasteiger partial charge in [-0.15, -0.1) is 0 Å². The maximum atomic E-state index is 14.2. The molecule has 1 heterocycles. The number of Topliss-reactive ketones (excluding diaryl/α,β-unsaturated/α-hetero) is 1. The zero-order valence-electron chi connectivity index (χ0n) is 12.5. The highest BCUT2D eigenvalue weighted by atomic mass is 19.2. The van der Waals surface area contributed by atoms with Crippen LogP contribution in [-0.4, -0.2) is 17.5 Å². The Labute approximate surface area is 125 Å². The first-order chi connectivity index (χ1) is 10.4. The number of hydrogen-bond acceptors (Lipinski definition) is 3. The van der Waals surface area contributed by atoms with E-state index in [4.69, 9.17) is 4.74 Å². The minimum Gasteiger partial charge on any atom is -0.491 e. The Bertz CT molecular complexity index is 866. The topological polar surface area (TPSA) is 48.3 Å². The summed E-state index contributed by atoms with van der Waals surface area (Å²) in [7, 11) is 1.23. The molecule has 1 saturated carbocycles. The number of carbonyl (C=O) groups excluding carboxylic acids is 1. The third-order valence-corrected chi connectivity index (χ3v) is 4.07. The second-order valence-electron chi connectivity index (χ2n) is 5.58. The van der Waals surface area contributed by atoms with Crippen molar-refractivity contribution in [2.75, 3.05) is 7.11 Å². The number of fused-ring (bicyclic) bond motifs is 1. The molecule has 0 bridgehead atoms. The Morgan fingerprint density at radius 1 is 1.32 bits per heavy atom. The highest BCUT2D eigenvalue weighted by Crippen LogP contribution is 2.41. The van der Waals surface area contributed by atoms with Crippen LogP contribution < -0.4 is 10.2 Å². The van der Waals surface area contributed by atoms with Crippen molar-refractivity contribution in [1.82, 2.24) is 4.57 Å². The number of benzene rings is 1. The SMILES string of the molecule is COc1c(F)c(F)c(C)c2c(=O)c(C(C)=O)cn(C3CC3)c12. The van der Waals surface area contributed by atoms with E-state index in [-0.39, 0.29) is 33.8 Å². The Hall–Kier alpha value is -2.24. The molecule has 1 aliphatic carbocycles. The van der Waals surface area contributed by atoms with E-state index in [1.54, 1.807) is 4.57 Å². The molecule has 1 aromatic carbocycles. The van der Waals surface area contributed by atoms with E-state index in [0.29, 0.717) is 0 Å². The van der Waals surface area contributed by atoms with Gasteiger partial charge in [0, 0.05) is 17.8 Å². The van der Waals surface area contributed by atoms with Gasteiger partial charge in [-0.25, -0.2) is 4.39 Å². The van der Waals surface area contributed by atoms with Crippen LogP contribution in [0.25, 0.3) is 10.9 Å². The number of ether oxygens (including phenoxy) is 1. The molecule has 2 aromatic rings. The van der Waals surface area contributed by atoms with Gasteiger partial charge in [-0.05, 0) is 26.7 Å². The second-order valence-corrected chi connectivity index (χ2v) is 5.58. The predicted octanol–water partition coefficient (Wildman–Crippen LogP) is 3.13. The van der Waals surface area contributed by atoms with Crippen molar-refractivity contribution in [2.24, 2.45) is 0 Å². The summed E-state index contributed by atoms with van der Waals surface area (Å²) in [4.78, 5) is 24.2. The fourth-order valence-electron chi connectivity index (χ4n) is 2.77. The molecular formula is C16H15F2NO3. The number of halogens is 2. The molecule has 0 unspecified atom stereocenters. The predicted molar refractivity (Wildman–Crippen MR) is 77.7 cm³/mol. The van der Waals surface area contributed by atoms with E-state index in [9.17, 15) is 18.4 Å². The maximum Gasteiger partial charge on any atom is 0.203 e. The average molecular weight is 307 g/mol. The van der Waals surface area contributed by atoms with Crippen molar-refractivity contribution in [3.05, 3.63) is 39.2 Å². The van der Waals surface area contributed by atoms with Crippen LogP contribution in [0, 0.1) is 18.6 Å². The summed E-state index contributed by atoms with van der Waals surface area (Å²) in [6.07, 6.45) is 3.15. The number of methoxy groups -OCH3 is 1. The van der Waals surface area contributed by atoms with Crippen LogP contribution in [0.3, 0.4) is 0 Å². The molecule has 0 saturated heterocycles. The lowest BCUT2D eigenvalue weighted by molar-refractivity contribution is 0.101. The zero-order chi connectivity index (χ0) is 16.2. The molecular weight excluding hydrogens is 292 g/mol. The van der Waals surface area contributed by atoms with Crippen molar-refractivity contribution in [3.63, 3.8) is 0 Å². The van der Waals surface area contributed by atoms with Crippen LogP contribution in [0.2, 0.25) is 0 Å². The van der Waals surface area contributed by atoms with Gasteiger partial charge in [0.2, 0.25) is 11.2 Å². The average Bonchev–Trinajstić information content (AvgIpc) is 3.29. The molecule has 0 atom stereocenters. The smallest absolute Gasteiger partial charge is 0.203 e. The van der Waals surface area contributed by atoms with Gasteiger partial charge in [0.1, 0.15) is 0 Å². The third-order valence-electron chi connectivity index (χ3n) is 4.07. The lowest BCUT2D eigenvalue weighted by Crippen LogP contribution is -2.20. The molecule has 22 heavy (non-hydrogen) atoms. The summed E-state index contributed by atoms with van der Waals surface area (Å²) < 4.78 is 34.9. The molecule has 0 aliphatic heterocycles. The molecule has 3 rings (SSSR count). The fourth-order valence-corrected chi connectivity index (χ4v) is 2.77. The molecule has 0 amide bonds. The number of aryl methyl sites for hydroxylation is 1. The van der Waals surface area contributed by atoms with Crippen LogP contribution in [-0.2, 0) is 0 Å². The summed E-state index contributed by atoms with van der Waals surface area (Å²) in [6.45, 7) is 2.62. The number of aromatic nitrogens is 1. The largest absolute Gasteiger partial charge is 0.491 e. The molecule has 1 aliphatic rings. The van der Waals surface area contributed by atoms with Gasteiger partial charge in [0.15, 0.2) is 17.3 Å². The molecule has 116 valence electrons. The minimum atomic E-state index is -1.12. The summed E-state index contributed by atoms with van der Waals surface area (Å²) >= 11 is 0. The minimum absolute atomic E-state index is 0.00958.